The topological polar surface area (TPSA) is 86.8 Å². The van der Waals surface area contributed by atoms with E-state index in [1.54, 1.807) is 43.3 Å². The summed E-state index contributed by atoms with van der Waals surface area (Å²) in [5.74, 6) is -1.51. The van der Waals surface area contributed by atoms with Gasteiger partial charge in [0.1, 0.15) is 18.4 Å². The van der Waals surface area contributed by atoms with Gasteiger partial charge >= 0.3 is 0 Å². The van der Waals surface area contributed by atoms with Gasteiger partial charge in [-0.1, -0.05) is 48.4 Å². The molecule has 2 amide bonds. The van der Waals surface area contributed by atoms with Gasteiger partial charge in [-0.3, -0.25) is 13.9 Å². The quantitative estimate of drug-likeness (QED) is 0.405. The molecule has 0 saturated heterocycles. The van der Waals surface area contributed by atoms with Crippen LogP contribution in [-0.2, 0) is 26.2 Å². The van der Waals surface area contributed by atoms with Crippen LogP contribution in [0.3, 0.4) is 0 Å². The standard InChI is InChI=1S/C27H29ClFN3O4S/c1-4-25(27(34)30-3)31(17-20-7-9-21(28)10-8-20)26(33)18-32(23-13-11-22(29)12-14-23)37(35,36)24-15-5-19(2)6-16-24/h5-16,25H,4,17-18H2,1-3H3,(H,30,34). The van der Waals surface area contributed by atoms with E-state index in [1.165, 1.54) is 36.2 Å². The van der Waals surface area contributed by atoms with E-state index in [4.69, 9.17) is 11.6 Å². The summed E-state index contributed by atoms with van der Waals surface area (Å²) in [6.07, 6.45) is 0.306. The molecular formula is C27H29ClFN3O4S. The number of hydrogen-bond acceptors (Lipinski definition) is 4. The second-order valence-corrected chi connectivity index (χ2v) is 10.8. The maximum absolute atomic E-state index is 13.8. The molecule has 0 heterocycles. The minimum Gasteiger partial charge on any atom is -0.357 e. The van der Waals surface area contributed by atoms with Crippen molar-refractivity contribution in [3.05, 3.63) is 94.8 Å². The number of hydrogen-bond donors (Lipinski definition) is 1. The van der Waals surface area contributed by atoms with Gasteiger partial charge in [-0.25, -0.2) is 12.8 Å². The number of nitrogens with zero attached hydrogens (tertiary/aromatic N) is 2. The summed E-state index contributed by atoms with van der Waals surface area (Å²) in [5, 5.41) is 3.09. The highest BCUT2D eigenvalue weighted by atomic mass is 35.5. The van der Waals surface area contributed by atoms with Crippen molar-refractivity contribution in [1.82, 2.24) is 10.2 Å². The fourth-order valence-electron chi connectivity index (χ4n) is 3.85. The van der Waals surface area contributed by atoms with Crippen molar-refractivity contribution in [1.29, 1.82) is 0 Å². The van der Waals surface area contributed by atoms with Gasteiger partial charge in [0.2, 0.25) is 11.8 Å². The zero-order chi connectivity index (χ0) is 27.2. The predicted octanol–water partition coefficient (Wildman–Crippen LogP) is 4.54. The first-order chi connectivity index (χ1) is 17.6. The van der Waals surface area contributed by atoms with E-state index in [0.717, 1.165) is 27.6 Å². The van der Waals surface area contributed by atoms with Crippen LogP contribution in [0.2, 0.25) is 5.02 Å². The van der Waals surface area contributed by atoms with Crippen LogP contribution in [-0.4, -0.2) is 44.8 Å². The van der Waals surface area contributed by atoms with Crippen LogP contribution in [0.5, 0.6) is 0 Å². The lowest BCUT2D eigenvalue weighted by atomic mass is 10.1. The third-order valence-corrected chi connectivity index (χ3v) is 7.94. The Bertz CT molecular complexity index is 1330. The number of amides is 2. The van der Waals surface area contributed by atoms with E-state index in [9.17, 15) is 22.4 Å². The average Bonchev–Trinajstić information content (AvgIpc) is 2.88. The third-order valence-electron chi connectivity index (χ3n) is 5.90. The van der Waals surface area contributed by atoms with Gasteiger partial charge in [0, 0.05) is 18.6 Å². The fourth-order valence-corrected chi connectivity index (χ4v) is 5.39. The molecule has 37 heavy (non-hydrogen) atoms. The normalized spacial score (nSPS) is 12.0. The first kappa shape index (κ1) is 28.1. The largest absolute Gasteiger partial charge is 0.357 e. The number of carbonyl (C=O) groups is 2. The van der Waals surface area contributed by atoms with Gasteiger partial charge in [-0.15, -0.1) is 0 Å². The highest BCUT2D eigenvalue weighted by molar-refractivity contribution is 7.92. The van der Waals surface area contributed by atoms with Crippen molar-refractivity contribution in [2.24, 2.45) is 0 Å². The van der Waals surface area contributed by atoms with Crippen LogP contribution in [0.15, 0.2) is 77.7 Å². The molecular weight excluding hydrogens is 517 g/mol. The van der Waals surface area contributed by atoms with Gasteiger partial charge in [-0.2, -0.15) is 0 Å². The molecule has 0 spiro atoms. The summed E-state index contributed by atoms with van der Waals surface area (Å²) >= 11 is 5.99. The molecule has 0 bridgehead atoms. The second kappa shape index (κ2) is 12.2. The molecule has 3 aromatic carbocycles. The van der Waals surface area contributed by atoms with Gasteiger partial charge in [0.25, 0.3) is 10.0 Å². The number of aryl methyl sites for hydroxylation is 1. The number of halogens is 2. The highest BCUT2D eigenvalue weighted by Gasteiger charge is 2.33. The molecule has 0 aromatic heterocycles. The third kappa shape index (κ3) is 6.87. The Kier molecular flexibility index (Phi) is 9.29. The van der Waals surface area contributed by atoms with Gasteiger partial charge < -0.3 is 10.2 Å². The van der Waals surface area contributed by atoms with Crippen molar-refractivity contribution in [2.75, 3.05) is 17.9 Å². The summed E-state index contributed by atoms with van der Waals surface area (Å²) in [5.41, 5.74) is 1.71. The van der Waals surface area contributed by atoms with Crippen molar-refractivity contribution < 1.29 is 22.4 Å². The number of anilines is 1. The van der Waals surface area contributed by atoms with E-state index >= 15 is 0 Å². The summed E-state index contributed by atoms with van der Waals surface area (Å²) in [6.45, 7) is 3.06. The Labute approximate surface area is 221 Å². The summed E-state index contributed by atoms with van der Waals surface area (Å²) < 4.78 is 42.0. The minimum absolute atomic E-state index is 0.0159. The molecule has 0 aliphatic rings. The maximum atomic E-state index is 13.8. The second-order valence-electron chi connectivity index (χ2n) is 8.49. The lowest BCUT2D eigenvalue weighted by molar-refractivity contribution is -0.140. The molecule has 3 rings (SSSR count). The van der Waals surface area contributed by atoms with Crippen molar-refractivity contribution >= 4 is 39.1 Å². The molecule has 196 valence electrons. The van der Waals surface area contributed by atoms with Crippen LogP contribution in [0, 0.1) is 12.7 Å². The molecule has 0 aliphatic heterocycles. The van der Waals surface area contributed by atoms with Gasteiger partial charge in [0.05, 0.1) is 10.6 Å². The Morgan fingerprint density at radius 2 is 1.57 bits per heavy atom. The van der Waals surface area contributed by atoms with Crippen molar-refractivity contribution in [3.63, 3.8) is 0 Å². The van der Waals surface area contributed by atoms with Gasteiger partial charge in [-0.05, 0) is 67.4 Å². The molecule has 10 heteroatoms. The minimum atomic E-state index is -4.20. The number of carbonyl (C=O) groups excluding carboxylic acids is 2. The SMILES string of the molecule is CCC(C(=O)NC)N(Cc1ccc(Cl)cc1)C(=O)CN(c1ccc(F)cc1)S(=O)(=O)c1ccc(C)cc1. The molecule has 0 saturated carbocycles. The lowest BCUT2D eigenvalue weighted by Gasteiger charge is -2.33. The molecule has 7 nitrogen and oxygen atoms in total. The van der Waals surface area contributed by atoms with Gasteiger partial charge in [0.15, 0.2) is 0 Å². The number of nitrogens with one attached hydrogen (secondary N) is 1. The molecule has 3 aromatic rings. The smallest absolute Gasteiger partial charge is 0.264 e. The molecule has 0 fully saturated rings. The molecule has 0 aliphatic carbocycles. The molecule has 1 atom stereocenters. The number of likely N-dealkylation sites (N-methyl/N-ethyl adjacent to an activating group) is 1. The summed E-state index contributed by atoms with van der Waals surface area (Å²) in [4.78, 5) is 27.8. The van der Waals surface area contributed by atoms with Crippen molar-refractivity contribution in [3.8, 4) is 0 Å². The van der Waals surface area contributed by atoms with Crippen LogP contribution in [0.25, 0.3) is 0 Å². The van der Waals surface area contributed by atoms with E-state index in [0.29, 0.717) is 11.4 Å². The Hall–Kier alpha value is -3.43. The number of rotatable bonds is 10. The first-order valence-electron chi connectivity index (χ1n) is 11.7. The molecule has 1 N–H and O–H groups in total. The average molecular weight is 546 g/mol. The maximum Gasteiger partial charge on any atom is 0.264 e. The van der Waals surface area contributed by atoms with Crippen molar-refractivity contribution in [2.45, 2.75) is 37.8 Å². The molecule has 1 unspecified atom stereocenters. The predicted molar refractivity (Wildman–Crippen MR) is 142 cm³/mol. The Balaban J connectivity index is 2.04. The zero-order valence-corrected chi connectivity index (χ0v) is 22.4. The zero-order valence-electron chi connectivity index (χ0n) is 20.8. The van der Waals surface area contributed by atoms with Crippen LogP contribution < -0.4 is 9.62 Å². The monoisotopic (exact) mass is 545 g/mol. The van der Waals surface area contributed by atoms with Crippen LogP contribution in [0.1, 0.15) is 24.5 Å². The summed E-state index contributed by atoms with van der Waals surface area (Å²) in [7, 11) is -2.73. The van der Waals surface area contributed by atoms with E-state index < -0.39 is 34.3 Å². The van der Waals surface area contributed by atoms with E-state index in [-0.39, 0.29) is 23.0 Å². The Morgan fingerprint density at radius 3 is 2.11 bits per heavy atom. The highest BCUT2D eigenvalue weighted by Crippen LogP contribution is 2.25. The van der Waals surface area contributed by atoms with E-state index in [2.05, 4.69) is 5.32 Å². The Morgan fingerprint density at radius 1 is 0.973 bits per heavy atom. The van der Waals surface area contributed by atoms with Crippen LogP contribution in [0.4, 0.5) is 10.1 Å². The number of benzene rings is 3. The fraction of sp³-hybridized carbons (Fsp3) is 0.259. The summed E-state index contributed by atoms with van der Waals surface area (Å²) in [6, 6.07) is 17.1. The van der Waals surface area contributed by atoms with Crippen LogP contribution >= 0.6 is 11.6 Å². The van der Waals surface area contributed by atoms with E-state index in [1.807, 2.05) is 6.92 Å². The molecule has 0 radical (unpaired) electrons. The first-order valence-corrected chi connectivity index (χ1v) is 13.5. The lowest BCUT2D eigenvalue weighted by Crippen LogP contribution is -2.51. The number of sulfonamides is 1.